The van der Waals surface area contributed by atoms with Gasteiger partial charge in [0, 0.05) is 13.7 Å². The lowest BCUT2D eigenvalue weighted by Gasteiger charge is -2.35. The average molecular weight is 215 g/mol. The standard InChI is InChI=1S/C11H21NO3/c1-3-12-6-4-5-9(8-12)10(15-2)7-11(13)14/h9-10H,3-8H2,1-2H3,(H,13,14). The van der Waals surface area contributed by atoms with Gasteiger partial charge in [0.25, 0.3) is 0 Å². The van der Waals surface area contributed by atoms with Gasteiger partial charge in [0.1, 0.15) is 0 Å². The molecule has 0 aromatic heterocycles. The summed E-state index contributed by atoms with van der Waals surface area (Å²) in [7, 11) is 1.61. The molecule has 1 fully saturated rings. The summed E-state index contributed by atoms with van der Waals surface area (Å²) in [6, 6.07) is 0. The maximum absolute atomic E-state index is 10.7. The molecule has 2 atom stereocenters. The normalized spacial score (nSPS) is 25.1. The smallest absolute Gasteiger partial charge is 0.305 e. The Morgan fingerprint density at radius 3 is 2.93 bits per heavy atom. The van der Waals surface area contributed by atoms with Crippen molar-refractivity contribution in [2.24, 2.45) is 5.92 Å². The number of rotatable bonds is 5. The van der Waals surface area contributed by atoms with Crippen LogP contribution in [0.2, 0.25) is 0 Å². The molecule has 0 amide bonds. The molecule has 0 aromatic carbocycles. The van der Waals surface area contributed by atoms with Crippen molar-refractivity contribution < 1.29 is 14.6 Å². The molecule has 1 N–H and O–H groups in total. The van der Waals surface area contributed by atoms with Crippen LogP contribution in [0, 0.1) is 5.92 Å². The molecule has 15 heavy (non-hydrogen) atoms. The summed E-state index contributed by atoms with van der Waals surface area (Å²) >= 11 is 0. The van der Waals surface area contributed by atoms with E-state index >= 15 is 0 Å². The minimum atomic E-state index is -0.768. The molecule has 88 valence electrons. The Balaban J connectivity index is 2.47. The molecule has 1 aliphatic rings. The van der Waals surface area contributed by atoms with Gasteiger partial charge in [-0.15, -0.1) is 0 Å². The number of methoxy groups -OCH3 is 1. The summed E-state index contributed by atoms with van der Waals surface area (Å²) in [6.07, 6.45) is 2.23. The van der Waals surface area contributed by atoms with Gasteiger partial charge in [0.2, 0.25) is 0 Å². The molecule has 0 saturated carbocycles. The van der Waals surface area contributed by atoms with E-state index in [1.54, 1.807) is 7.11 Å². The number of hydrogen-bond donors (Lipinski definition) is 1. The van der Waals surface area contributed by atoms with Crippen molar-refractivity contribution in [2.75, 3.05) is 26.7 Å². The van der Waals surface area contributed by atoms with Gasteiger partial charge in [-0.25, -0.2) is 0 Å². The van der Waals surface area contributed by atoms with Crippen LogP contribution in [0.1, 0.15) is 26.2 Å². The summed E-state index contributed by atoms with van der Waals surface area (Å²) < 4.78 is 5.29. The Hall–Kier alpha value is -0.610. The van der Waals surface area contributed by atoms with Crippen LogP contribution in [0.25, 0.3) is 0 Å². The molecular weight excluding hydrogens is 194 g/mol. The lowest BCUT2D eigenvalue weighted by atomic mass is 9.90. The Bertz CT molecular complexity index is 208. The summed E-state index contributed by atoms with van der Waals surface area (Å²) in [6.45, 7) is 5.29. The second-order valence-electron chi connectivity index (χ2n) is 4.17. The summed E-state index contributed by atoms with van der Waals surface area (Å²) in [5.74, 6) is -0.393. The topological polar surface area (TPSA) is 49.8 Å². The number of ether oxygens (including phenoxy) is 1. The molecule has 0 bridgehead atoms. The Morgan fingerprint density at radius 1 is 1.67 bits per heavy atom. The fourth-order valence-corrected chi connectivity index (χ4v) is 2.30. The predicted molar refractivity (Wildman–Crippen MR) is 57.9 cm³/mol. The first-order valence-corrected chi connectivity index (χ1v) is 5.64. The lowest BCUT2D eigenvalue weighted by Crippen LogP contribution is -2.41. The molecule has 1 rings (SSSR count). The van der Waals surface area contributed by atoms with Gasteiger partial charge in [-0.05, 0) is 31.8 Å². The van der Waals surface area contributed by atoms with Gasteiger partial charge in [0.05, 0.1) is 12.5 Å². The second-order valence-corrected chi connectivity index (χ2v) is 4.17. The zero-order chi connectivity index (χ0) is 11.3. The van der Waals surface area contributed by atoms with Crippen LogP contribution in [0.15, 0.2) is 0 Å². The van der Waals surface area contributed by atoms with E-state index in [2.05, 4.69) is 11.8 Å². The largest absolute Gasteiger partial charge is 0.481 e. The van der Waals surface area contributed by atoms with E-state index < -0.39 is 5.97 Å². The van der Waals surface area contributed by atoms with Crippen molar-refractivity contribution in [2.45, 2.75) is 32.3 Å². The Kier molecular flexibility index (Phi) is 5.05. The highest BCUT2D eigenvalue weighted by Crippen LogP contribution is 2.23. The van der Waals surface area contributed by atoms with E-state index in [0.717, 1.165) is 32.5 Å². The minimum absolute atomic E-state index is 0.124. The summed E-state index contributed by atoms with van der Waals surface area (Å²) in [5.41, 5.74) is 0. The molecule has 1 aliphatic heterocycles. The highest BCUT2D eigenvalue weighted by molar-refractivity contribution is 5.67. The molecule has 1 saturated heterocycles. The van der Waals surface area contributed by atoms with Crippen LogP contribution < -0.4 is 0 Å². The van der Waals surface area contributed by atoms with Crippen LogP contribution >= 0.6 is 0 Å². The number of carbonyl (C=O) groups is 1. The Labute approximate surface area is 91.2 Å². The summed E-state index contributed by atoms with van der Waals surface area (Å²) in [5, 5.41) is 8.78. The zero-order valence-corrected chi connectivity index (χ0v) is 9.61. The molecule has 1 heterocycles. The Morgan fingerprint density at radius 2 is 2.40 bits per heavy atom. The molecule has 2 unspecified atom stereocenters. The molecule has 4 nitrogen and oxygen atoms in total. The third-order valence-electron chi connectivity index (χ3n) is 3.19. The highest BCUT2D eigenvalue weighted by Gasteiger charge is 2.28. The fraction of sp³-hybridized carbons (Fsp3) is 0.909. The number of nitrogens with zero attached hydrogens (tertiary/aromatic N) is 1. The summed E-state index contributed by atoms with van der Waals surface area (Å²) in [4.78, 5) is 13.0. The van der Waals surface area contributed by atoms with Crippen molar-refractivity contribution >= 4 is 5.97 Å². The third-order valence-corrected chi connectivity index (χ3v) is 3.19. The first kappa shape index (κ1) is 12.5. The average Bonchev–Trinajstić information content (AvgIpc) is 2.25. The molecule has 0 aliphatic carbocycles. The highest BCUT2D eigenvalue weighted by atomic mass is 16.5. The fourth-order valence-electron chi connectivity index (χ4n) is 2.30. The van der Waals surface area contributed by atoms with E-state index in [9.17, 15) is 4.79 Å². The van der Waals surface area contributed by atoms with Crippen molar-refractivity contribution in [3.63, 3.8) is 0 Å². The molecule has 4 heteroatoms. The molecule has 0 aromatic rings. The van der Waals surface area contributed by atoms with Gasteiger partial charge in [-0.1, -0.05) is 6.92 Å². The zero-order valence-electron chi connectivity index (χ0n) is 9.61. The van der Waals surface area contributed by atoms with E-state index in [4.69, 9.17) is 9.84 Å². The monoisotopic (exact) mass is 215 g/mol. The minimum Gasteiger partial charge on any atom is -0.481 e. The van der Waals surface area contributed by atoms with Crippen LogP contribution in [-0.4, -0.2) is 48.8 Å². The third kappa shape index (κ3) is 3.80. The van der Waals surface area contributed by atoms with Crippen molar-refractivity contribution in [1.29, 1.82) is 0 Å². The van der Waals surface area contributed by atoms with Crippen molar-refractivity contribution in [3.05, 3.63) is 0 Å². The maximum Gasteiger partial charge on any atom is 0.305 e. The van der Waals surface area contributed by atoms with Gasteiger partial charge in [0.15, 0.2) is 0 Å². The van der Waals surface area contributed by atoms with Crippen LogP contribution in [-0.2, 0) is 9.53 Å². The predicted octanol–water partition coefficient (Wildman–Crippen LogP) is 1.21. The van der Waals surface area contributed by atoms with E-state index in [1.165, 1.54) is 0 Å². The lowest BCUT2D eigenvalue weighted by molar-refractivity contribution is -0.141. The van der Waals surface area contributed by atoms with Gasteiger partial charge in [-0.2, -0.15) is 0 Å². The molecular formula is C11H21NO3. The van der Waals surface area contributed by atoms with Crippen molar-refractivity contribution in [3.8, 4) is 0 Å². The second kappa shape index (κ2) is 6.08. The van der Waals surface area contributed by atoms with E-state index in [0.29, 0.717) is 5.92 Å². The number of carboxylic acid groups (broad SMARTS) is 1. The number of piperidine rings is 1. The van der Waals surface area contributed by atoms with Gasteiger partial charge < -0.3 is 14.7 Å². The SMILES string of the molecule is CCN1CCCC(C(CC(=O)O)OC)C1. The van der Waals surface area contributed by atoms with Crippen LogP contribution in [0.3, 0.4) is 0 Å². The van der Waals surface area contributed by atoms with E-state index in [1.807, 2.05) is 0 Å². The maximum atomic E-state index is 10.7. The number of carboxylic acids is 1. The van der Waals surface area contributed by atoms with Crippen LogP contribution in [0.4, 0.5) is 0 Å². The number of likely N-dealkylation sites (tertiary alicyclic amines) is 1. The quantitative estimate of drug-likeness (QED) is 0.749. The first-order valence-electron chi connectivity index (χ1n) is 5.64. The molecule has 0 spiro atoms. The number of hydrogen-bond acceptors (Lipinski definition) is 3. The van der Waals surface area contributed by atoms with Crippen LogP contribution in [0.5, 0.6) is 0 Å². The van der Waals surface area contributed by atoms with Crippen molar-refractivity contribution in [1.82, 2.24) is 4.90 Å². The molecule has 0 radical (unpaired) electrons. The van der Waals surface area contributed by atoms with E-state index in [-0.39, 0.29) is 12.5 Å². The van der Waals surface area contributed by atoms with Gasteiger partial charge in [-0.3, -0.25) is 4.79 Å². The number of aliphatic carboxylic acids is 1. The van der Waals surface area contributed by atoms with Gasteiger partial charge >= 0.3 is 5.97 Å². The first-order chi connectivity index (χ1) is 7.17.